The Balaban J connectivity index is 1.81. The Labute approximate surface area is 171 Å². The molecule has 0 saturated heterocycles. The second-order valence-electron chi connectivity index (χ2n) is 7.58. The molecule has 28 heavy (non-hydrogen) atoms. The minimum Gasteiger partial charge on any atom is -0.388 e. The monoisotopic (exact) mass is 423 g/mol. The van der Waals surface area contributed by atoms with Gasteiger partial charge in [-0.25, -0.2) is 4.72 Å². The molecular formula is C20H26ClN3O3S. The van der Waals surface area contributed by atoms with E-state index >= 15 is 0 Å². The first-order valence-electron chi connectivity index (χ1n) is 9.59. The van der Waals surface area contributed by atoms with Crippen LogP contribution >= 0.6 is 11.6 Å². The number of sulfonamides is 1. The second kappa shape index (κ2) is 8.25. The number of carbonyl (C=O) groups is 1. The molecule has 0 aromatic heterocycles. The average molecular weight is 424 g/mol. The quantitative estimate of drug-likeness (QED) is 0.686. The number of rotatable bonds is 6. The second-order valence-corrected chi connectivity index (χ2v) is 9.64. The Morgan fingerprint density at radius 1 is 1.14 bits per heavy atom. The molecule has 0 radical (unpaired) electrons. The number of nitrogens with two attached hydrogens (primary N) is 1. The molecule has 0 atom stereocenters. The van der Waals surface area contributed by atoms with E-state index in [4.69, 9.17) is 17.3 Å². The van der Waals surface area contributed by atoms with Crippen molar-refractivity contribution in [3.63, 3.8) is 0 Å². The summed E-state index contributed by atoms with van der Waals surface area (Å²) in [5, 5.41) is 0.421. The third-order valence-electron chi connectivity index (χ3n) is 5.21. The molecular weight excluding hydrogens is 398 g/mol. The van der Waals surface area contributed by atoms with E-state index < -0.39 is 21.0 Å². The Morgan fingerprint density at radius 2 is 1.68 bits per heavy atom. The lowest BCUT2D eigenvalue weighted by molar-refractivity contribution is -0.118. The number of benzene rings is 1. The molecule has 0 aliphatic heterocycles. The summed E-state index contributed by atoms with van der Waals surface area (Å²) in [4.78, 5) is 16.6. The molecule has 6 nitrogen and oxygen atoms in total. The van der Waals surface area contributed by atoms with E-state index in [0.29, 0.717) is 0 Å². The maximum atomic E-state index is 12.6. The van der Waals surface area contributed by atoms with Gasteiger partial charge in [0.15, 0.2) is 0 Å². The fourth-order valence-corrected chi connectivity index (χ4v) is 5.15. The topological polar surface area (TPSA) is 102 Å². The fraction of sp³-hybridized carbons (Fsp3) is 0.500. The first-order chi connectivity index (χ1) is 13.2. The maximum Gasteiger partial charge on any atom is 0.279 e. The van der Waals surface area contributed by atoms with E-state index in [-0.39, 0.29) is 12.5 Å². The van der Waals surface area contributed by atoms with Crippen LogP contribution in [0.2, 0.25) is 5.02 Å². The van der Waals surface area contributed by atoms with Gasteiger partial charge in [-0.1, -0.05) is 11.6 Å². The molecule has 3 rings (SSSR count). The van der Waals surface area contributed by atoms with E-state index in [9.17, 15) is 13.2 Å². The number of nitrogens with one attached hydrogen (secondary N) is 1. The van der Waals surface area contributed by atoms with Gasteiger partial charge in [-0.3, -0.25) is 9.79 Å². The number of amides is 1. The van der Waals surface area contributed by atoms with Gasteiger partial charge in [0.25, 0.3) is 10.0 Å². The molecule has 1 aromatic carbocycles. The summed E-state index contributed by atoms with van der Waals surface area (Å²) >= 11 is 6.59. The molecule has 2 aliphatic carbocycles. The van der Waals surface area contributed by atoms with Crippen LogP contribution in [0.4, 0.5) is 0 Å². The summed E-state index contributed by atoms with van der Waals surface area (Å²) in [6, 6.07) is 0.0236. The first-order valence-corrected chi connectivity index (χ1v) is 11.4. The van der Waals surface area contributed by atoms with Crippen LogP contribution in [-0.4, -0.2) is 26.6 Å². The van der Waals surface area contributed by atoms with E-state index in [1.54, 1.807) is 0 Å². The molecule has 0 saturated carbocycles. The largest absolute Gasteiger partial charge is 0.388 e. The number of halogens is 1. The van der Waals surface area contributed by atoms with Gasteiger partial charge in [0.2, 0.25) is 5.91 Å². The summed E-state index contributed by atoms with van der Waals surface area (Å²) in [6.45, 7) is 3.72. The van der Waals surface area contributed by atoms with Crippen molar-refractivity contribution in [2.75, 3.05) is 0 Å². The molecule has 0 unspecified atom stereocenters. The Hall–Kier alpha value is -1.86. The van der Waals surface area contributed by atoms with E-state index in [0.717, 1.165) is 71.4 Å². The van der Waals surface area contributed by atoms with Gasteiger partial charge in [0, 0.05) is 17.3 Å². The van der Waals surface area contributed by atoms with Gasteiger partial charge in [0.1, 0.15) is 5.03 Å². The fourth-order valence-electron chi connectivity index (χ4n) is 4.00. The van der Waals surface area contributed by atoms with Gasteiger partial charge >= 0.3 is 0 Å². The van der Waals surface area contributed by atoms with Gasteiger partial charge < -0.3 is 5.73 Å². The van der Waals surface area contributed by atoms with Crippen LogP contribution < -0.4 is 10.5 Å². The molecule has 1 amide bonds. The zero-order valence-corrected chi connectivity index (χ0v) is 17.8. The Bertz CT molecular complexity index is 930. The number of aliphatic imine (C=N–C) groups is 1. The van der Waals surface area contributed by atoms with Crippen molar-refractivity contribution >= 4 is 33.7 Å². The molecule has 0 spiro atoms. The number of allylic oxidation sites excluding steroid dienone is 1. The van der Waals surface area contributed by atoms with E-state index in [2.05, 4.69) is 9.71 Å². The lowest BCUT2D eigenvalue weighted by Gasteiger charge is -2.17. The highest BCUT2D eigenvalue weighted by Crippen LogP contribution is 2.41. The number of hydrogen-bond acceptors (Lipinski definition) is 5. The van der Waals surface area contributed by atoms with Crippen molar-refractivity contribution in [1.82, 2.24) is 4.72 Å². The lowest BCUT2D eigenvalue weighted by atomic mass is 9.92. The summed E-state index contributed by atoms with van der Waals surface area (Å²) in [5.74, 6) is -0.581. The van der Waals surface area contributed by atoms with Gasteiger partial charge in [-0.05, 0) is 86.3 Å². The first kappa shape index (κ1) is 20.9. The standard InChI is InChI=1S/C20H26ClN3O3S/c1-12(2)23-10-9-18(22)28(26,27)24-19(25)11-17-13-5-3-7-15(13)20(21)16-8-4-6-14(16)17/h9-10,12H,3-8,11,22H2,1-2H3,(H,24,25). The van der Waals surface area contributed by atoms with Crippen LogP contribution in [0.3, 0.4) is 0 Å². The molecule has 0 fully saturated rings. The van der Waals surface area contributed by atoms with Crippen LogP contribution in [-0.2, 0) is 46.9 Å². The molecule has 1 aromatic rings. The minimum atomic E-state index is -4.09. The number of carbonyl (C=O) groups excluding carboxylic acids is 1. The summed E-state index contributed by atoms with van der Waals surface area (Å²) in [6.07, 6.45) is 8.16. The maximum absolute atomic E-state index is 12.6. The molecule has 2 aliphatic rings. The Kier molecular flexibility index (Phi) is 6.15. The third kappa shape index (κ3) is 4.25. The highest BCUT2D eigenvalue weighted by molar-refractivity contribution is 7.93. The van der Waals surface area contributed by atoms with Crippen molar-refractivity contribution < 1.29 is 13.2 Å². The highest BCUT2D eigenvalue weighted by Gasteiger charge is 2.29. The smallest absolute Gasteiger partial charge is 0.279 e. The Morgan fingerprint density at radius 3 is 2.21 bits per heavy atom. The van der Waals surface area contributed by atoms with Crippen LogP contribution in [0.15, 0.2) is 16.1 Å². The SMILES string of the molecule is CC(C)N=CC=C(N)S(=O)(=O)NC(=O)Cc1c2c(c(Cl)c3c1CCC3)CCC2. The summed E-state index contributed by atoms with van der Waals surface area (Å²) in [5.41, 5.74) is 11.1. The molecule has 0 heterocycles. The van der Waals surface area contributed by atoms with Gasteiger partial charge in [-0.2, -0.15) is 8.42 Å². The van der Waals surface area contributed by atoms with Crippen molar-refractivity contribution in [2.45, 2.75) is 64.8 Å². The van der Waals surface area contributed by atoms with Crippen LogP contribution in [0.25, 0.3) is 0 Å². The third-order valence-corrected chi connectivity index (χ3v) is 6.92. The lowest BCUT2D eigenvalue weighted by Crippen LogP contribution is -2.35. The zero-order valence-electron chi connectivity index (χ0n) is 16.2. The van der Waals surface area contributed by atoms with Crippen molar-refractivity contribution in [2.24, 2.45) is 10.7 Å². The molecule has 0 bridgehead atoms. The average Bonchev–Trinajstić information content (AvgIpc) is 3.27. The molecule has 152 valence electrons. The highest BCUT2D eigenvalue weighted by atomic mass is 35.5. The van der Waals surface area contributed by atoms with Gasteiger partial charge in [-0.15, -0.1) is 0 Å². The van der Waals surface area contributed by atoms with Crippen LogP contribution in [0.5, 0.6) is 0 Å². The van der Waals surface area contributed by atoms with E-state index in [1.165, 1.54) is 12.3 Å². The predicted molar refractivity (Wildman–Crippen MR) is 112 cm³/mol. The molecule has 3 N–H and O–H groups in total. The normalized spacial score (nSPS) is 16.6. The van der Waals surface area contributed by atoms with Gasteiger partial charge in [0.05, 0.1) is 6.42 Å². The van der Waals surface area contributed by atoms with Crippen molar-refractivity contribution in [3.8, 4) is 0 Å². The summed E-state index contributed by atoms with van der Waals surface area (Å²) < 4.78 is 26.7. The number of fused-ring (bicyclic) bond motifs is 2. The minimum absolute atomic E-state index is 0.0223. The predicted octanol–water partition coefficient (Wildman–Crippen LogP) is 2.59. The van der Waals surface area contributed by atoms with Crippen molar-refractivity contribution in [1.29, 1.82) is 0 Å². The number of nitrogens with zero attached hydrogens (tertiary/aromatic N) is 1. The van der Waals surface area contributed by atoms with Crippen LogP contribution in [0.1, 0.15) is 54.5 Å². The molecule has 8 heteroatoms. The zero-order chi connectivity index (χ0) is 20.5. The van der Waals surface area contributed by atoms with Crippen LogP contribution in [0, 0.1) is 0 Å². The summed E-state index contributed by atoms with van der Waals surface area (Å²) in [7, 11) is -4.09. The number of hydrogen-bond donors (Lipinski definition) is 2. The van der Waals surface area contributed by atoms with E-state index in [1.807, 2.05) is 13.8 Å². The van der Waals surface area contributed by atoms with Crippen molar-refractivity contribution in [3.05, 3.63) is 43.9 Å².